The van der Waals surface area contributed by atoms with Crippen LogP contribution in [0.25, 0.3) is 89.7 Å². The van der Waals surface area contributed by atoms with Gasteiger partial charge in [0.25, 0.3) is 0 Å². The first-order valence-corrected chi connectivity index (χ1v) is 26.9. The van der Waals surface area contributed by atoms with Crippen LogP contribution in [-0.4, -0.2) is 203 Å². The number of methoxy groups -OCH3 is 2. The summed E-state index contributed by atoms with van der Waals surface area (Å²) >= 11 is 0. The van der Waals surface area contributed by atoms with E-state index in [1.54, 1.807) is 14.2 Å². The van der Waals surface area contributed by atoms with Gasteiger partial charge in [0, 0.05) is 69.8 Å². The first kappa shape index (κ1) is 61.1. The Hall–Kier alpha value is -6.02. The van der Waals surface area contributed by atoms with Crippen molar-refractivity contribution in [3.63, 3.8) is 0 Å². The van der Waals surface area contributed by atoms with E-state index in [4.69, 9.17) is 106 Å². The van der Waals surface area contributed by atoms with Crippen LogP contribution in [-0.2, 0) is 76.3 Å². The second-order valence-corrected chi connectivity index (χ2v) is 17.7. The fourth-order valence-electron chi connectivity index (χ4n) is 8.49. The Kier molecular flexibility index (Phi) is 25.5. The van der Waals surface area contributed by atoms with Crippen molar-refractivity contribution in [1.82, 2.24) is 39.9 Å². The molecule has 2 aliphatic rings. The Labute approximate surface area is 482 Å². The summed E-state index contributed by atoms with van der Waals surface area (Å²) in [6.07, 6.45) is 0. The Morgan fingerprint density at radius 3 is 0.827 bits per heavy atom. The Balaban J connectivity index is 0.00000860. The Bertz CT molecular complexity index is 3000. The summed E-state index contributed by atoms with van der Waals surface area (Å²) < 4.78 is 79.3. The first-order valence-electron chi connectivity index (χ1n) is 26.9. The number of aromatic nitrogens is 8. The van der Waals surface area contributed by atoms with Gasteiger partial charge in [-0.1, -0.05) is 72.8 Å². The zero-order valence-electron chi connectivity index (χ0n) is 46.1. The second kappa shape index (κ2) is 33.8. The van der Waals surface area contributed by atoms with Crippen LogP contribution in [0, 0.1) is 0 Å². The van der Waals surface area contributed by atoms with Gasteiger partial charge in [-0.05, 0) is 22.9 Å². The Morgan fingerprint density at radius 2 is 0.531 bits per heavy atom. The van der Waals surface area contributed by atoms with E-state index in [1.165, 1.54) is 0 Å². The predicted octanol–water partition coefficient (Wildman–Crippen LogP) is 6.34. The molecule has 23 heteroatoms. The third kappa shape index (κ3) is 17.5. The van der Waals surface area contributed by atoms with Crippen LogP contribution in [0.5, 0.6) is 11.5 Å². The van der Waals surface area contributed by atoms with Crippen molar-refractivity contribution in [3.8, 4) is 57.1 Å². The maximum Gasteiger partial charge on any atom is 2.00 e. The maximum atomic E-state index is 6.52. The maximum absolute atomic E-state index is 6.52. The number of hydrogen-bond donors (Lipinski definition) is 0. The third-order valence-corrected chi connectivity index (χ3v) is 12.3. The van der Waals surface area contributed by atoms with E-state index >= 15 is 0 Å². The molecule has 426 valence electrons. The minimum Gasteiger partial charge on any atom is -0.490 e. The zero-order chi connectivity index (χ0) is 54.8. The summed E-state index contributed by atoms with van der Waals surface area (Å²) in [7, 11) is 3.28. The van der Waals surface area contributed by atoms with Crippen molar-refractivity contribution in [2.45, 2.75) is 0 Å². The van der Waals surface area contributed by atoms with Crippen molar-refractivity contribution in [3.05, 3.63) is 84.9 Å². The summed E-state index contributed by atoms with van der Waals surface area (Å²) in [5.74, 6) is 2.69. The largest absolute Gasteiger partial charge is 2.00 e. The van der Waals surface area contributed by atoms with Gasteiger partial charge in [-0.25, -0.2) is 9.97 Å². The number of rotatable bonds is 38. The number of ether oxygens (including phenoxy) is 14. The molecular formula is C58H68N8O14Zn. The van der Waals surface area contributed by atoms with E-state index in [0.29, 0.717) is 200 Å². The van der Waals surface area contributed by atoms with Crippen LogP contribution in [0.15, 0.2) is 84.9 Å². The van der Waals surface area contributed by atoms with Gasteiger partial charge in [0.15, 0.2) is 0 Å². The van der Waals surface area contributed by atoms with Gasteiger partial charge in [0.1, 0.15) is 24.7 Å². The number of benzene rings is 4. The van der Waals surface area contributed by atoms with Crippen molar-refractivity contribution >= 4 is 44.1 Å². The van der Waals surface area contributed by atoms with E-state index in [-0.39, 0.29) is 45.9 Å². The van der Waals surface area contributed by atoms with Gasteiger partial charge < -0.3 is 96.2 Å². The molecular weight excluding hydrogens is 1100 g/mol. The second-order valence-electron chi connectivity index (χ2n) is 17.7. The molecule has 7 aromatic rings. The molecule has 4 aromatic carbocycles. The molecule has 81 heavy (non-hydrogen) atoms. The van der Waals surface area contributed by atoms with Gasteiger partial charge in [-0.3, -0.25) is 0 Å². The summed E-state index contributed by atoms with van der Waals surface area (Å²) in [6, 6.07) is 27.2. The van der Waals surface area contributed by atoms with Gasteiger partial charge in [-0.15, -0.1) is 0 Å². The first-order chi connectivity index (χ1) is 39.7. The fraction of sp³-hybridized carbons (Fsp3) is 0.448. The minimum absolute atomic E-state index is 0. The van der Waals surface area contributed by atoms with Crippen LogP contribution in [0.2, 0.25) is 0 Å². The molecule has 0 saturated carbocycles. The van der Waals surface area contributed by atoms with E-state index in [0.717, 1.165) is 33.0 Å². The molecule has 0 aliphatic carbocycles. The predicted molar refractivity (Wildman–Crippen MR) is 297 cm³/mol. The fourth-order valence-corrected chi connectivity index (χ4v) is 8.49. The Morgan fingerprint density at radius 1 is 0.284 bits per heavy atom. The van der Waals surface area contributed by atoms with E-state index < -0.39 is 0 Å². The van der Waals surface area contributed by atoms with Crippen molar-refractivity contribution < 1.29 is 85.8 Å². The average molecular weight is 1170 g/mol. The normalized spacial score (nSPS) is 11.8. The van der Waals surface area contributed by atoms with Gasteiger partial charge in [0.2, 0.25) is 0 Å². The van der Waals surface area contributed by atoms with Gasteiger partial charge in [-0.2, -0.15) is 0 Å². The van der Waals surface area contributed by atoms with Crippen molar-refractivity contribution in [2.24, 2.45) is 0 Å². The molecule has 3 aromatic heterocycles. The number of fused-ring (bicyclic) bond motifs is 20. The smallest absolute Gasteiger partial charge is 0.490 e. The van der Waals surface area contributed by atoms with Gasteiger partial charge >= 0.3 is 19.5 Å². The molecule has 0 N–H and O–H groups in total. The SMILES string of the molecule is COCCOCCOCCOCCOCCOCCOc1ccc(OCCOCCOCCOCCOCCOCCOC)c2c3nc4nc(nc5[n-]c(nc6nc(nc([n-]3)c12)-c1ccccc1-6)c1ccccc51)-c1ccccc1-4.[Zn+2]. The molecule has 0 radical (unpaired) electrons. The van der Waals surface area contributed by atoms with E-state index in [9.17, 15) is 0 Å². The quantitative estimate of drug-likeness (QED) is 0.0303. The van der Waals surface area contributed by atoms with Crippen LogP contribution >= 0.6 is 0 Å². The summed E-state index contributed by atoms with van der Waals surface area (Å²) in [5, 5.41) is 2.78. The van der Waals surface area contributed by atoms with Crippen molar-refractivity contribution in [2.75, 3.05) is 173 Å². The van der Waals surface area contributed by atoms with E-state index in [1.807, 2.05) is 84.9 Å². The number of nitrogens with zero attached hydrogens (tertiary/aromatic N) is 8. The molecule has 0 amide bonds. The molecule has 5 heterocycles. The molecule has 0 saturated heterocycles. The summed E-state index contributed by atoms with van der Waals surface area (Å²) in [5.41, 5.74) is 4.71. The average Bonchev–Trinajstić information content (AvgIpc) is 4.09. The third-order valence-electron chi connectivity index (χ3n) is 12.3. The van der Waals surface area contributed by atoms with Crippen molar-refractivity contribution in [1.29, 1.82) is 0 Å². The van der Waals surface area contributed by atoms with E-state index in [2.05, 4.69) is 0 Å². The molecule has 0 atom stereocenters. The molecule has 9 rings (SSSR count). The summed E-state index contributed by atoms with van der Waals surface area (Å²) in [6.45, 7) is 10.3. The van der Waals surface area contributed by atoms with Gasteiger partial charge in [0.05, 0.1) is 169 Å². The molecule has 0 fully saturated rings. The molecule has 0 spiro atoms. The van der Waals surface area contributed by atoms with Crippen LogP contribution in [0.1, 0.15) is 0 Å². The topological polar surface area (TPSA) is 235 Å². The van der Waals surface area contributed by atoms with Crippen LogP contribution < -0.4 is 19.4 Å². The van der Waals surface area contributed by atoms with Crippen LogP contribution in [0.3, 0.4) is 0 Å². The zero-order valence-corrected chi connectivity index (χ0v) is 49.0. The summed E-state index contributed by atoms with van der Waals surface area (Å²) in [4.78, 5) is 40.7. The number of hydrogen-bond acceptors (Lipinski definition) is 20. The van der Waals surface area contributed by atoms with Crippen LogP contribution in [0.4, 0.5) is 0 Å². The standard InChI is InChI=1S/C58H68N8O14.Zn/c1-67-17-19-69-21-23-71-25-27-73-29-31-75-33-35-77-37-39-79-47-15-16-48(80-40-38-78-36-34-76-32-30-74-28-26-72-24-22-70-20-18-68-2)50-49(47)57-64-55-45-13-7-5-11-43(45)53(62-55)60-51-41-9-3-4-10-42(41)52(59-51)61-54-44-12-6-8-14-46(44)56(63-54)65-58(50)66-57;/h3-16H,17-40H2,1-2H3;/q-2;+2. The molecule has 8 bridgehead atoms. The monoisotopic (exact) mass is 1160 g/mol. The minimum atomic E-state index is 0. The molecule has 22 nitrogen and oxygen atoms in total. The molecule has 0 unspecified atom stereocenters. The molecule has 2 aliphatic heterocycles.